The molecule has 24 heavy (non-hydrogen) atoms. The van der Waals surface area contributed by atoms with Gasteiger partial charge in [-0.2, -0.15) is 5.10 Å². The van der Waals surface area contributed by atoms with Crippen LogP contribution in [0.2, 0.25) is 0 Å². The fourth-order valence-electron chi connectivity index (χ4n) is 2.94. The number of anilines is 3. The molecule has 3 rings (SSSR count). The number of aromatic nitrogens is 3. The summed E-state index contributed by atoms with van der Waals surface area (Å²) in [5.74, 6) is 2.30. The Kier molecular flexibility index (Phi) is 4.28. The first-order chi connectivity index (χ1) is 11.4. The molecule has 0 aromatic carbocycles. The van der Waals surface area contributed by atoms with Crippen molar-refractivity contribution in [2.24, 2.45) is 0 Å². The molecular formula is C16H22N6O2. The van der Waals surface area contributed by atoms with E-state index in [-0.39, 0.29) is 6.04 Å². The molecule has 1 unspecified atom stereocenters. The molecule has 8 heteroatoms. The van der Waals surface area contributed by atoms with Gasteiger partial charge in [-0.15, -0.1) is 0 Å². The van der Waals surface area contributed by atoms with Gasteiger partial charge in [0.1, 0.15) is 11.6 Å². The number of nitrogens with one attached hydrogen (secondary N) is 2. The molecule has 0 bridgehead atoms. The summed E-state index contributed by atoms with van der Waals surface area (Å²) < 4.78 is 0. The van der Waals surface area contributed by atoms with Crippen molar-refractivity contribution in [1.82, 2.24) is 20.1 Å². The SMILES string of the molecule is Cc1cc(Nc2cc(C)[nH]n2)nc(N2CCN(C(=O)O)C(C)C2)c1. The fraction of sp³-hybridized carbons (Fsp3) is 0.438. The summed E-state index contributed by atoms with van der Waals surface area (Å²) >= 11 is 0. The Morgan fingerprint density at radius 2 is 2.08 bits per heavy atom. The first-order valence-electron chi connectivity index (χ1n) is 7.94. The maximum atomic E-state index is 11.2. The number of aromatic amines is 1. The number of piperazine rings is 1. The standard InChI is InChI=1S/C16H22N6O2/c1-10-6-13(17-14-8-11(2)19-20-14)18-15(7-10)21-4-5-22(16(23)24)12(3)9-21/h6-8,12H,4-5,9H2,1-3H3,(H,23,24)(H2,17,18,19,20). The van der Waals surface area contributed by atoms with Crippen molar-refractivity contribution in [3.63, 3.8) is 0 Å². The molecule has 1 saturated heterocycles. The number of carbonyl (C=O) groups is 1. The number of pyridine rings is 1. The molecule has 1 amide bonds. The fourth-order valence-corrected chi connectivity index (χ4v) is 2.94. The van der Waals surface area contributed by atoms with E-state index in [9.17, 15) is 9.90 Å². The molecule has 128 valence electrons. The van der Waals surface area contributed by atoms with Crippen LogP contribution in [0.5, 0.6) is 0 Å². The Morgan fingerprint density at radius 1 is 1.29 bits per heavy atom. The van der Waals surface area contributed by atoms with Gasteiger partial charge in [0.25, 0.3) is 0 Å². The number of aryl methyl sites for hydroxylation is 2. The zero-order valence-corrected chi connectivity index (χ0v) is 14.1. The highest BCUT2D eigenvalue weighted by atomic mass is 16.4. The maximum absolute atomic E-state index is 11.2. The van der Waals surface area contributed by atoms with Crippen molar-refractivity contribution < 1.29 is 9.90 Å². The predicted octanol–water partition coefficient (Wildman–Crippen LogP) is 2.35. The smallest absolute Gasteiger partial charge is 0.407 e. The van der Waals surface area contributed by atoms with Crippen LogP contribution in [0.25, 0.3) is 0 Å². The molecule has 1 fully saturated rings. The van der Waals surface area contributed by atoms with Crippen LogP contribution in [0.3, 0.4) is 0 Å². The minimum Gasteiger partial charge on any atom is -0.465 e. The average Bonchev–Trinajstić information content (AvgIpc) is 2.91. The lowest BCUT2D eigenvalue weighted by Gasteiger charge is -2.39. The van der Waals surface area contributed by atoms with Crippen LogP contribution in [0.1, 0.15) is 18.2 Å². The molecule has 2 aromatic heterocycles. The number of H-pyrrole nitrogens is 1. The second-order valence-corrected chi connectivity index (χ2v) is 6.22. The van der Waals surface area contributed by atoms with Crippen molar-refractivity contribution in [2.75, 3.05) is 29.9 Å². The van der Waals surface area contributed by atoms with E-state index in [1.54, 1.807) is 0 Å². The topological polar surface area (TPSA) is 97.4 Å². The van der Waals surface area contributed by atoms with Crippen molar-refractivity contribution in [3.05, 3.63) is 29.5 Å². The van der Waals surface area contributed by atoms with E-state index in [4.69, 9.17) is 0 Å². The van der Waals surface area contributed by atoms with Crippen molar-refractivity contribution in [2.45, 2.75) is 26.8 Å². The summed E-state index contributed by atoms with van der Waals surface area (Å²) in [6.07, 6.45) is -0.865. The number of nitrogens with zero attached hydrogens (tertiary/aromatic N) is 4. The summed E-state index contributed by atoms with van der Waals surface area (Å²) in [5.41, 5.74) is 2.06. The molecule has 8 nitrogen and oxygen atoms in total. The van der Waals surface area contributed by atoms with Gasteiger partial charge >= 0.3 is 6.09 Å². The van der Waals surface area contributed by atoms with Gasteiger partial charge in [-0.05, 0) is 38.5 Å². The van der Waals surface area contributed by atoms with Gasteiger partial charge in [0, 0.05) is 37.4 Å². The van der Waals surface area contributed by atoms with E-state index in [1.807, 2.05) is 39.0 Å². The normalized spacial score (nSPS) is 17.9. The Morgan fingerprint density at radius 3 is 2.71 bits per heavy atom. The second-order valence-electron chi connectivity index (χ2n) is 6.22. The summed E-state index contributed by atoms with van der Waals surface area (Å²) in [6, 6.07) is 5.83. The quantitative estimate of drug-likeness (QED) is 0.799. The number of amides is 1. The lowest BCUT2D eigenvalue weighted by atomic mass is 10.2. The molecule has 1 atom stereocenters. The number of hydrogen-bond donors (Lipinski definition) is 3. The third kappa shape index (κ3) is 3.42. The van der Waals surface area contributed by atoms with Crippen LogP contribution in [-0.2, 0) is 0 Å². The van der Waals surface area contributed by atoms with Crippen molar-refractivity contribution in [1.29, 1.82) is 0 Å². The molecule has 0 saturated carbocycles. The van der Waals surface area contributed by atoms with E-state index in [0.717, 1.165) is 28.7 Å². The largest absolute Gasteiger partial charge is 0.465 e. The van der Waals surface area contributed by atoms with Gasteiger partial charge in [-0.1, -0.05) is 0 Å². The Labute approximate surface area is 140 Å². The molecule has 3 N–H and O–H groups in total. The van der Waals surface area contributed by atoms with E-state index in [0.29, 0.717) is 19.6 Å². The number of carboxylic acid groups (broad SMARTS) is 1. The third-order valence-corrected chi connectivity index (χ3v) is 4.12. The van der Waals surface area contributed by atoms with Crippen LogP contribution < -0.4 is 10.2 Å². The monoisotopic (exact) mass is 330 g/mol. The third-order valence-electron chi connectivity index (χ3n) is 4.12. The average molecular weight is 330 g/mol. The van der Waals surface area contributed by atoms with Gasteiger partial charge < -0.3 is 20.2 Å². The van der Waals surface area contributed by atoms with Crippen LogP contribution in [0.4, 0.5) is 22.2 Å². The molecule has 1 aliphatic heterocycles. The lowest BCUT2D eigenvalue weighted by Crippen LogP contribution is -2.54. The maximum Gasteiger partial charge on any atom is 0.407 e. The second kappa shape index (κ2) is 6.38. The molecule has 0 spiro atoms. The van der Waals surface area contributed by atoms with E-state index >= 15 is 0 Å². The molecular weight excluding hydrogens is 308 g/mol. The molecule has 1 aliphatic rings. The van der Waals surface area contributed by atoms with Crippen LogP contribution in [0, 0.1) is 13.8 Å². The first-order valence-corrected chi connectivity index (χ1v) is 7.94. The van der Waals surface area contributed by atoms with Gasteiger partial charge in [0.05, 0.1) is 0 Å². The Hall–Kier alpha value is -2.77. The zero-order chi connectivity index (χ0) is 17.3. The number of hydrogen-bond acceptors (Lipinski definition) is 5. The van der Waals surface area contributed by atoms with E-state index in [2.05, 4.69) is 25.4 Å². The minimum atomic E-state index is -0.865. The van der Waals surface area contributed by atoms with Crippen molar-refractivity contribution >= 4 is 23.5 Å². The molecule has 0 radical (unpaired) electrons. The van der Waals surface area contributed by atoms with Gasteiger partial charge in [0.2, 0.25) is 0 Å². The molecule has 0 aliphatic carbocycles. The minimum absolute atomic E-state index is 0.0658. The molecule has 2 aromatic rings. The highest BCUT2D eigenvalue weighted by Crippen LogP contribution is 2.23. The molecule has 3 heterocycles. The predicted molar refractivity (Wildman–Crippen MR) is 92.0 cm³/mol. The summed E-state index contributed by atoms with van der Waals surface area (Å²) in [7, 11) is 0. The highest BCUT2D eigenvalue weighted by Gasteiger charge is 2.27. The van der Waals surface area contributed by atoms with Crippen LogP contribution in [-0.4, -0.2) is 57.0 Å². The van der Waals surface area contributed by atoms with Crippen LogP contribution in [0.15, 0.2) is 18.2 Å². The van der Waals surface area contributed by atoms with Gasteiger partial charge in [0.15, 0.2) is 5.82 Å². The summed E-state index contributed by atoms with van der Waals surface area (Å²) in [6.45, 7) is 7.62. The van der Waals surface area contributed by atoms with E-state index in [1.165, 1.54) is 4.90 Å². The Bertz CT molecular complexity index is 744. The van der Waals surface area contributed by atoms with Gasteiger partial charge in [-0.25, -0.2) is 9.78 Å². The Balaban J connectivity index is 1.78. The van der Waals surface area contributed by atoms with Crippen LogP contribution >= 0.6 is 0 Å². The summed E-state index contributed by atoms with van der Waals surface area (Å²) in [5, 5.41) is 19.4. The van der Waals surface area contributed by atoms with Gasteiger partial charge in [-0.3, -0.25) is 5.10 Å². The number of rotatable bonds is 3. The van der Waals surface area contributed by atoms with Crippen molar-refractivity contribution in [3.8, 4) is 0 Å². The zero-order valence-electron chi connectivity index (χ0n) is 14.1. The first kappa shape index (κ1) is 16.1. The summed E-state index contributed by atoms with van der Waals surface area (Å²) in [4.78, 5) is 19.4. The lowest BCUT2D eigenvalue weighted by molar-refractivity contribution is 0.122. The van der Waals surface area contributed by atoms with E-state index < -0.39 is 6.09 Å². The highest BCUT2D eigenvalue weighted by molar-refractivity contribution is 5.66.